The summed E-state index contributed by atoms with van der Waals surface area (Å²) in [7, 11) is 0. The average Bonchev–Trinajstić information content (AvgIpc) is 2.97. The van der Waals surface area contributed by atoms with Gasteiger partial charge in [-0.15, -0.1) is 0 Å². The normalized spacial score (nSPS) is 24.3. The van der Waals surface area contributed by atoms with Crippen LogP contribution in [0.15, 0.2) is 18.3 Å². The van der Waals surface area contributed by atoms with Gasteiger partial charge in [0.2, 0.25) is 0 Å². The fourth-order valence-electron chi connectivity index (χ4n) is 3.20. The van der Waals surface area contributed by atoms with E-state index < -0.39 is 5.97 Å². The van der Waals surface area contributed by atoms with Crippen molar-refractivity contribution in [2.24, 2.45) is 0 Å². The van der Waals surface area contributed by atoms with Crippen molar-refractivity contribution in [1.29, 1.82) is 0 Å². The lowest BCUT2D eigenvalue weighted by molar-refractivity contribution is 0.0183. The molecule has 21 heavy (non-hydrogen) atoms. The SMILES string of the molecule is O=C(O)c1ncccc1CN1CCC(N2CCOCC2)C1. The van der Waals surface area contributed by atoms with Crippen LogP contribution in [0, 0.1) is 0 Å². The third kappa shape index (κ3) is 3.40. The minimum Gasteiger partial charge on any atom is -0.477 e. The first-order chi connectivity index (χ1) is 10.2. The third-order valence-electron chi connectivity index (χ3n) is 4.30. The van der Waals surface area contributed by atoms with E-state index in [1.165, 1.54) is 6.20 Å². The molecule has 2 fully saturated rings. The first kappa shape index (κ1) is 14.4. The van der Waals surface area contributed by atoms with Crippen LogP contribution in [-0.2, 0) is 11.3 Å². The summed E-state index contributed by atoms with van der Waals surface area (Å²) < 4.78 is 5.40. The van der Waals surface area contributed by atoms with Crippen molar-refractivity contribution in [3.63, 3.8) is 0 Å². The van der Waals surface area contributed by atoms with Gasteiger partial charge in [0, 0.05) is 45.0 Å². The predicted molar refractivity (Wildman–Crippen MR) is 77.3 cm³/mol. The summed E-state index contributed by atoms with van der Waals surface area (Å²) >= 11 is 0. The van der Waals surface area contributed by atoms with E-state index in [1.54, 1.807) is 6.07 Å². The number of carboxylic acids is 1. The largest absolute Gasteiger partial charge is 0.477 e. The number of hydrogen-bond acceptors (Lipinski definition) is 5. The van der Waals surface area contributed by atoms with Crippen molar-refractivity contribution in [1.82, 2.24) is 14.8 Å². The summed E-state index contributed by atoms with van der Waals surface area (Å²) in [5.41, 5.74) is 0.972. The Bertz CT molecular complexity index is 503. The topological polar surface area (TPSA) is 65.9 Å². The summed E-state index contributed by atoms with van der Waals surface area (Å²) in [5, 5.41) is 9.19. The van der Waals surface area contributed by atoms with Gasteiger partial charge < -0.3 is 9.84 Å². The predicted octanol–water partition coefficient (Wildman–Crippen LogP) is 0.686. The first-order valence-corrected chi connectivity index (χ1v) is 7.45. The number of rotatable bonds is 4. The summed E-state index contributed by atoms with van der Waals surface area (Å²) in [6.07, 6.45) is 2.68. The quantitative estimate of drug-likeness (QED) is 0.880. The second kappa shape index (κ2) is 6.51. The van der Waals surface area contributed by atoms with Crippen molar-refractivity contribution in [2.45, 2.75) is 19.0 Å². The van der Waals surface area contributed by atoms with Crippen LogP contribution < -0.4 is 0 Å². The highest BCUT2D eigenvalue weighted by Gasteiger charge is 2.29. The van der Waals surface area contributed by atoms with Crippen LogP contribution in [0.5, 0.6) is 0 Å². The van der Waals surface area contributed by atoms with Crippen molar-refractivity contribution in [3.8, 4) is 0 Å². The molecule has 0 bridgehead atoms. The molecule has 3 rings (SSSR count). The van der Waals surface area contributed by atoms with Crippen molar-refractivity contribution in [3.05, 3.63) is 29.6 Å². The van der Waals surface area contributed by atoms with Gasteiger partial charge in [-0.3, -0.25) is 9.80 Å². The van der Waals surface area contributed by atoms with E-state index in [4.69, 9.17) is 4.74 Å². The number of likely N-dealkylation sites (tertiary alicyclic amines) is 1. The zero-order valence-corrected chi connectivity index (χ0v) is 12.1. The molecular formula is C15H21N3O3. The number of aromatic carboxylic acids is 1. The molecule has 114 valence electrons. The Kier molecular flexibility index (Phi) is 4.48. The van der Waals surface area contributed by atoms with E-state index in [0.29, 0.717) is 12.6 Å². The van der Waals surface area contributed by atoms with E-state index in [0.717, 1.165) is 51.4 Å². The Hall–Kier alpha value is -1.50. The maximum absolute atomic E-state index is 11.2. The fraction of sp³-hybridized carbons (Fsp3) is 0.600. The van der Waals surface area contributed by atoms with E-state index >= 15 is 0 Å². The van der Waals surface area contributed by atoms with E-state index in [2.05, 4.69) is 14.8 Å². The molecule has 1 N–H and O–H groups in total. The van der Waals surface area contributed by atoms with Gasteiger partial charge in [-0.1, -0.05) is 6.07 Å². The molecule has 0 amide bonds. The molecule has 0 spiro atoms. The number of morpholine rings is 1. The lowest BCUT2D eigenvalue weighted by atomic mass is 10.2. The molecule has 1 atom stereocenters. The minimum absolute atomic E-state index is 0.173. The highest BCUT2D eigenvalue weighted by atomic mass is 16.5. The lowest BCUT2D eigenvalue weighted by Crippen LogP contribution is -2.44. The number of carbonyl (C=O) groups is 1. The number of pyridine rings is 1. The zero-order chi connectivity index (χ0) is 14.7. The van der Waals surface area contributed by atoms with Gasteiger partial charge in [0.1, 0.15) is 0 Å². The highest BCUT2D eigenvalue weighted by molar-refractivity contribution is 5.86. The smallest absolute Gasteiger partial charge is 0.354 e. The van der Waals surface area contributed by atoms with Crippen molar-refractivity contribution >= 4 is 5.97 Å². The summed E-state index contributed by atoms with van der Waals surface area (Å²) in [6.45, 7) is 6.32. The minimum atomic E-state index is -0.950. The molecule has 6 heteroatoms. The molecule has 1 aromatic rings. The van der Waals surface area contributed by atoms with Crippen LogP contribution in [0.4, 0.5) is 0 Å². The van der Waals surface area contributed by atoms with Crippen LogP contribution in [0.1, 0.15) is 22.5 Å². The van der Waals surface area contributed by atoms with E-state index in [-0.39, 0.29) is 5.69 Å². The molecule has 0 aliphatic carbocycles. The number of hydrogen-bond donors (Lipinski definition) is 1. The molecule has 0 radical (unpaired) electrons. The summed E-state index contributed by atoms with van der Waals surface area (Å²) in [5.74, 6) is -0.950. The highest BCUT2D eigenvalue weighted by Crippen LogP contribution is 2.20. The van der Waals surface area contributed by atoms with Gasteiger partial charge in [0.05, 0.1) is 13.2 Å². The van der Waals surface area contributed by atoms with Crippen molar-refractivity contribution in [2.75, 3.05) is 39.4 Å². The molecule has 3 heterocycles. The van der Waals surface area contributed by atoms with Crippen LogP contribution >= 0.6 is 0 Å². The van der Waals surface area contributed by atoms with E-state index in [9.17, 15) is 9.90 Å². The first-order valence-electron chi connectivity index (χ1n) is 7.45. The molecule has 2 saturated heterocycles. The maximum Gasteiger partial charge on any atom is 0.354 e. The van der Waals surface area contributed by atoms with Gasteiger partial charge >= 0.3 is 5.97 Å². The maximum atomic E-state index is 11.2. The van der Waals surface area contributed by atoms with Gasteiger partial charge in [-0.25, -0.2) is 9.78 Å². The third-order valence-corrected chi connectivity index (χ3v) is 4.30. The number of ether oxygens (including phenoxy) is 1. The van der Waals surface area contributed by atoms with Crippen molar-refractivity contribution < 1.29 is 14.6 Å². The van der Waals surface area contributed by atoms with Crippen LogP contribution in [0.3, 0.4) is 0 Å². The molecule has 0 aromatic carbocycles. The molecule has 1 aromatic heterocycles. The van der Waals surface area contributed by atoms with Crippen LogP contribution in [0.2, 0.25) is 0 Å². The number of nitrogens with zero attached hydrogens (tertiary/aromatic N) is 3. The summed E-state index contributed by atoms with van der Waals surface area (Å²) in [6, 6.07) is 4.23. The second-order valence-electron chi connectivity index (χ2n) is 5.64. The van der Waals surface area contributed by atoms with Crippen LogP contribution in [-0.4, -0.2) is 71.3 Å². The fourth-order valence-corrected chi connectivity index (χ4v) is 3.20. The van der Waals surface area contributed by atoms with Gasteiger partial charge in [-0.05, 0) is 18.1 Å². The molecule has 2 aliphatic heterocycles. The Morgan fingerprint density at radius 3 is 2.95 bits per heavy atom. The molecule has 6 nitrogen and oxygen atoms in total. The number of aromatic nitrogens is 1. The molecule has 0 saturated carbocycles. The monoisotopic (exact) mass is 291 g/mol. The van der Waals surface area contributed by atoms with Gasteiger partial charge in [0.25, 0.3) is 0 Å². The Morgan fingerprint density at radius 2 is 2.19 bits per heavy atom. The van der Waals surface area contributed by atoms with Gasteiger partial charge in [0.15, 0.2) is 5.69 Å². The van der Waals surface area contributed by atoms with E-state index in [1.807, 2.05) is 6.07 Å². The summed E-state index contributed by atoms with van der Waals surface area (Å²) in [4.78, 5) is 20.0. The lowest BCUT2D eigenvalue weighted by Gasteiger charge is -2.32. The zero-order valence-electron chi connectivity index (χ0n) is 12.1. The Morgan fingerprint density at radius 1 is 1.38 bits per heavy atom. The molecule has 1 unspecified atom stereocenters. The average molecular weight is 291 g/mol. The Balaban J connectivity index is 1.61. The second-order valence-corrected chi connectivity index (χ2v) is 5.64. The Labute approximate surface area is 124 Å². The van der Waals surface area contributed by atoms with Gasteiger partial charge in [-0.2, -0.15) is 0 Å². The molecule has 2 aliphatic rings. The molecular weight excluding hydrogens is 270 g/mol. The van der Waals surface area contributed by atoms with Crippen LogP contribution in [0.25, 0.3) is 0 Å². The number of carboxylic acid groups (broad SMARTS) is 1. The standard InChI is InChI=1S/C15H21N3O3/c19-15(20)14-12(2-1-4-16-14)10-17-5-3-13(11-17)18-6-8-21-9-7-18/h1-2,4,13H,3,5-11H2,(H,19,20).